The van der Waals surface area contributed by atoms with Crippen LogP contribution >= 0.6 is 0 Å². The van der Waals surface area contributed by atoms with E-state index in [1.165, 1.54) is 45.1 Å². The van der Waals surface area contributed by atoms with Crippen molar-refractivity contribution in [1.82, 2.24) is 5.32 Å². The monoisotopic (exact) mass is 221 g/mol. The molecule has 0 bridgehead atoms. The zero-order valence-electron chi connectivity index (χ0n) is 10.9. The lowest BCUT2D eigenvalue weighted by molar-refractivity contribution is 0.219. The van der Waals surface area contributed by atoms with Crippen LogP contribution in [0.1, 0.15) is 52.4 Å². The Balaban J connectivity index is 1.68. The maximum Gasteiger partial charge on any atom is 0.00699 e. The molecule has 0 saturated heterocycles. The Morgan fingerprint density at radius 1 is 1.06 bits per heavy atom. The van der Waals surface area contributed by atoms with Gasteiger partial charge in [-0.1, -0.05) is 26.0 Å². The largest absolute Gasteiger partial charge is 0.314 e. The average Bonchev–Trinajstić information content (AvgIpc) is 2.32. The molecule has 0 spiro atoms. The molecule has 92 valence electrons. The summed E-state index contributed by atoms with van der Waals surface area (Å²) >= 11 is 0. The molecule has 0 aromatic heterocycles. The molecule has 1 fully saturated rings. The van der Waals surface area contributed by atoms with Crippen LogP contribution in [0.2, 0.25) is 0 Å². The van der Waals surface area contributed by atoms with E-state index in [4.69, 9.17) is 0 Å². The normalized spacial score (nSPS) is 39.9. The van der Waals surface area contributed by atoms with Crippen LogP contribution in [0.4, 0.5) is 0 Å². The molecule has 16 heavy (non-hydrogen) atoms. The molecule has 2 aliphatic rings. The van der Waals surface area contributed by atoms with Crippen molar-refractivity contribution in [1.29, 1.82) is 0 Å². The van der Waals surface area contributed by atoms with E-state index in [1.807, 2.05) is 0 Å². The molecule has 1 heteroatoms. The third-order valence-corrected chi connectivity index (χ3v) is 4.67. The molecule has 1 N–H and O–H groups in total. The smallest absolute Gasteiger partial charge is 0.00699 e. The summed E-state index contributed by atoms with van der Waals surface area (Å²) in [6.45, 7) is 6.07. The molecule has 0 amide bonds. The Bertz CT molecular complexity index is 234. The van der Waals surface area contributed by atoms with Gasteiger partial charge in [-0.25, -0.2) is 0 Å². The summed E-state index contributed by atoms with van der Waals surface area (Å²) < 4.78 is 0. The number of hydrogen-bond acceptors (Lipinski definition) is 1. The second-order valence-corrected chi connectivity index (χ2v) is 6.02. The number of allylic oxidation sites excluding steroid dienone is 2. The first-order valence-corrected chi connectivity index (χ1v) is 7.14. The maximum atomic E-state index is 3.81. The zero-order chi connectivity index (χ0) is 11.4. The van der Waals surface area contributed by atoms with Crippen LogP contribution in [0.15, 0.2) is 12.2 Å². The van der Waals surface area contributed by atoms with Gasteiger partial charge in [-0.15, -0.1) is 0 Å². The van der Waals surface area contributed by atoms with E-state index in [0.717, 1.165) is 23.8 Å². The predicted octanol–water partition coefficient (Wildman–Crippen LogP) is 3.76. The summed E-state index contributed by atoms with van der Waals surface area (Å²) in [5, 5.41) is 3.81. The second kappa shape index (κ2) is 5.86. The Hall–Kier alpha value is -0.300. The van der Waals surface area contributed by atoms with Gasteiger partial charge < -0.3 is 5.32 Å². The van der Waals surface area contributed by atoms with Crippen LogP contribution in [0.25, 0.3) is 0 Å². The third-order valence-electron chi connectivity index (χ3n) is 4.67. The molecule has 4 atom stereocenters. The molecule has 2 rings (SSSR count). The highest BCUT2D eigenvalue weighted by Crippen LogP contribution is 2.29. The number of hydrogen-bond donors (Lipinski definition) is 1. The Morgan fingerprint density at radius 2 is 1.94 bits per heavy atom. The van der Waals surface area contributed by atoms with Crippen LogP contribution in [-0.4, -0.2) is 12.6 Å². The molecule has 2 aliphatic carbocycles. The molecule has 0 aromatic rings. The number of rotatable bonds is 3. The van der Waals surface area contributed by atoms with Crippen LogP contribution < -0.4 is 5.32 Å². The second-order valence-electron chi connectivity index (χ2n) is 6.02. The van der Waals surface area contributed by atoms with Gasteiger partial charge >= 0.3 is 0 Å². The SMILES string of the molecule is CC1CCC(NCC2CC=CCC2)CC1C. The molecular formula is C15H27N. The van der Waals surface area contributed by atoms with Gasteiger partial charge in [-0.2, -0.15) is 0 Å². The minimum Gasteiger partial charge on any atom is -0.314 e. The van der Waals surface area contributed by atoms with Crippen molar-refractivity contribution in [3.05, 3.63) is 12.2 Å². The Morgan fingerprint density at radius 3 is 2.62 bits per heavy atom. The molecule has 0 heterocycles. The highest BCUT2D eigenvalue weighted by atomic mass is 14.9. The van der Waals surface area contributed by atoms with Crippen molar-refractivity contribution in [3.8, 4) is 0 Å². The van der Waals surface area contributed by atoms with Gasteiger partial charge in [0.2, 0.25) is 0 Å². The van der Waals surface area contributed by atoms with E-state index in [2.05, 4.69) is 31.3 Å². The first kappa shape index (κ1) is 12.2. The summed E-state index contributed by atoms with van der Waals surface area (Å²) in [6, 6.07) is 0.803. The van der Waals surface area contributed by atoms with Gasteiger partial charge in [0, 0.05) is 6.04 Å². The van der Waals surface area contributed by atoms with E-state index in [-0.39, 0.29) is 0 Å². The number of nitrogens with one attached hydrogen (secondary N) is 1. The fourth-order valence-electron chi connectivity index (χ4n) is 3.11. The summed E-state index contributed by atoms with van der Waals surface area (Å²) in [7, 11) is 0. The average molecular weight is 221 g/mol. The Labute approximate surface area is 101 Å². The highest BCUT2D eigenvalue weighted by Gasteiger charge is 2.24. The minimum atomic E-state index is 0.803. The van der Waals surface area contributed by atoms with Gasteiger partial charge in [-0.3, -0.25) is 0 Å². The quantitative estimate of drug-likeness (QED) is 0.716. The van der Waals surface area contributed by atoms with Crippen molar-refractivity contribution < 1.29 is 0 Å². The van der Waals surface area contributed by atoms with Crippen molar-refractivity contribution >= 4 is 0 Å². The van der Waals surface area contributed by atoms with Gasteiger partial charge in [0.15, 0.2) is 0 Å². The Kier molecular flexibility index (Phi) is 4.45. The third kappa shape index (κ3) is 3.35. The van der Waals surface area contributed by atoms with Crippen molar-refractivity contribution in [2.75, 3.05) is 6.54 Å². The minimum absolute atomic E-state index is 0.803. The lowest BCUT2D eigenvalue weighted by Gasteiger charge is -2.33. The van der Waals surface area contributed by atoms with Crippen LogP contribution in [0.3, 0.4) is 0 Å². The molecule has 0 aromatic carbocycles. The van der Waals surface area contributed by atoms with E-state index < -0.39 is 0 Å². The van der Waals surface area contributed by atoms with E-state index in [9.17, 15) is 0 Å². The molecule has 4 unspecified atom stereocenters. The molecule has 1 saturated carbocycles. The van der Waals surface area contributed by atoms with E-state index >= 15 is 0 Å². The zero-order valence-corrected chi connectivity index (χ0v) is 10.9. The summed E-state index contributed by atoms with van der Waals surface area (Å²) in [4.78, 5) is 0. The van der Waals surface area contributed by atoms with Crippen molar-refractivity contribution in [2.24, 2.45) is 17.8 Å². The van der Waals surface area contributed by atoms with Crippen LogP contribution in [0.5, 0.6) is 0 Å². The van der Waals surface area contributed by atoms with E-state index in [1.54, 1.807) is 0 Å². The standard InChI is InChI=1S/C15H27N/c1-12-8-9-15(10-13(12)2)16-11-14-6-4-3-5-7-14/h3-4,12-16H,5-11H2,1-2H3. The summed E-state index contributed by atoms with van der Waals surface area (Å²) in [5.74, 6) is 2.76. The van der Waals surface area contributed by atoms with Gasteiger partial charge in [-0.05, 0) is 62.8 Å². The molecular weight excluding hydrogens is 194 g/mol. The summed E-state index contributed by atoms with van der Waals surface area (Å²) in [5.41, 5.74) is 0. The van der Waals surface area contributed by atoms with Crippen LogP contribution in [-0.2, 0) is 0 Å². The first-order valence-electron chi connectivity index (χ1n) is 7.14. The lowest BCUT2D eigenvalue weighted by atomic mass is 9.79. The van der Waals surface area contributed by atoms with Crippen molar-refractivity contribution in [3.63, 3.8) is 0 Å². The lowest BCUT2D eigenvalue weighted by Crippen LogP contribution is -2.38. The van der Waals surface area contributed by atoms with E-state index in [0.29, 0.717) is 0 Å². The van der Waals surface area contributed by atoms with Gasteiger partial charge in [0.1, 0.15) is 0 Å². The molecule has 0 aliphatic heterocycles. The first-order chi connectivity index (χ1) is 7.75. The fourth-order valence-corrected chi connectivity index (χ4v) is 3.11. The van der Waals surface area contributed by atoms with Gasteiger partial charge in [0.05, 0.1) is 0 Å². The van der Waals surface area contributed by atoms with Crippen LogP contribution in [0, 0.1) is 17.8 Å². The van der Waals surface area contributed by atoms with Crippen molar-refractivity contribution in [2.45, 2.75) is 58.4 Å². The molecule has 0 radical (unpaired) electrons. The predicted molar refractivity (Wildman–Crippen MR) is 70.5 cm³/mol. The highest BCUT2D eigenvalue weighted by molar-refractivity contribution is 4.91. The topological polar surface area (TPSA) is 12.0 Å². The molecule has 1 nitrogen and oxygen atoms in total. The fraction of sp³-hybridized carbons (Fsp3) is 0.867. The van der Waals surface area contributed by atoms with Gasteiger partial charge in [0.25, 0.3) is 0 Å². The summed E-state index contributed by atoms with van der Waals surface area (Å²) in [6.07, 6.45) is 12.9. The maximum absolute atomic E-state index is 3.81.